The molecule has 1 aromatic rings. The van der Waals surface area contributed by atoms with Crippen LogP contribution in [0.3, 0.4) is 0 Å². The van der Waals surface area contributed by atoms with Crippen molar-refractivity contribution in [3.63, 3.8) is 0 Å². The van der Waals surface area contributed by atoms with Crippen molar-refractivity contribution in [2.45, 2.75) is 42.4 Å². The Balaban J connectivity index is 2.22. The summed E-state index contributed by atoms with van der Waals surface area (Å²) in [5.41, 5.74) is 5.32. The van der Waals surface area contributed by atoms with Gasteiger partial charge in [-0.3, -0.25) is 0 Å². The number of thiophene rings is 1. The molecule has 1 aliphatic rings. The molecule has 0 atom stereocenters. The first-order valence-corrected chi connectivity index (χ1v) is 8.08. The number of nitrogens with two attached hydrogens (primary N) is 1. The fourth-order valence-electron chi connectivity index (χ4n) is 2.29. The summed E-state index contributed by atoms with van der Waals surface area (Å²) < 4.78 is 27.6. The van der Waals surface area contributed by atoms with E-state index in [0.29, 0.717) is 10.8 Å². The first-order chi connectivity index (χ1) is 7.97. The van der Waals surface area contributed by atoms with Crippen molar-refractivity contribution >= 4 is 21.4 Å². The van der Waals surface area contributed by atoms with Crippen molar-refractivity contribution < 1.29 is 8.42 Å². The van der Waals surface area contributed by atoms with Gasteiger partial charge in [0, 0.05) is 17.0 Å². The van der Waals surface area contributed by atoms with Gasteiger partial charge in [0.2, 0.25) is 0 Å². The summed E-state index contributed by atoms with van der Waals surface area (Å²) in [6.07, 6.45) is 3.77. The number of nitrogens with one attached hydrogen (secondary N) is 1. The predicted molar refractivity (Wildman–Crippen MR) is 69.6 cm³/mol. The molecule has 2 rings (SSSR count). The van der Waals surface area contributed by atoms with E-state index < -0.39 is 15.6 Å². The van der Waals surface area contributed by atoms with Crippen LogP contribution < -0.4 is 10.5 Å². The third-order valence-electron chi connectivity index (χ3n) is 3.28. The largest absolute Gasteiger partial charge is 0.329 e. The first kappa shape index (κ1) is 13.0. The molecule has 6 heteroatoms. The Labute approximate surface area is 106 Å². The van der Waals surface area contributed by atoms with Gasteiger partial charge in [0.05, 0.1) is 0 Å². The molecule has 0 aliphatic heterocycles. The topological polar surface area (TPSA) is 72.2 Å². The van der Waals surface area contributed by atoms with Crippen LogP contribution in [0.4, 0.5) is 0 Å². The van der Waals surface area contributed by atoms with E-state index in [4.69, 9.17) is 5.73 Å². The summed E-state index contributed by atoms with van der Waals surface area (Å²) in [7, 11) is -3.40. The fourth-order valence-corrected chi connectivity index (χ4v) is 5.04. The Kier molecular flexibility index (Phi) is 3.58. The lowest BCUT2D eigenvalue weighted by Gasteiger charge is -2.27. The van der Waals surface area contributed by atoms with E-state index in [1.807, 2.05) is 13.0 Å². The third kappa shape index (κ3) is 2.70. The molecule has 1 aliphatic carbocycles. The number of hydrogen-bond donors (Lipinski definition) is 2. The lowest BCUT2D eigenvalue weighted by Crippen LogP contribution is -2.51. The SMILES string of the molecule is Cc1ccc(S(=O)(=O)NC2(CN)CCCC2)s1. The quantitative estimate of drug-likeness (QED) is 0.876. The van der Waals surface area contributed by atoms with Crippen LogP contribution in [0.1, 0.15) is 30.6 Å². The van der Waals surface area contributed by atoms with Crippen LogP contribution in [0, 0.1) is 6.92 Å². The van der Waals surface area contributed by atoms with Crippen LogP contribution in [0.5, 0.6) is 0 Å². The van der Waals surface area contributed by atoms with Crippen LogP contribution in [0.25, 0.3) is 0 Å². The Morgan fingerprint density at radius 3 is 2.53 bits per heavy atom. The maximum absolute atomic E-state index is 12.2. The van der Waals surface area contributed by atoms with Gasteiger partial charge in [-0.05, 0) is 31.9 Å². The van der Waals surface area contributed by atoms with Crippen LogP contribution in [0.2, 0.25) is 0 Å². The number of hydrogen-bond acceptors (Lipinski definition) is 4. The van der Waals surface area contributed by atoms with Crippen molar-refractivity contribution in [2.75, 3.05) is 6.54 Å². The van der Waals surface area contributed by atoms with Crippen LogP contribution in [-0.4, -0.2) is 20.5 Å². The normalized spacial score (nSPS) is 19.6. The maximum Gasteiger partial charge on any atom is 0.250 e. The fraction of sp³-hybridized carbons (Fsp3) is 0.636. The van der Waals surface area contributed by atoms with Gasteiger partial charge < -0.3 is 5.73 Å². The van der Waals surface area contributed by atoms with E-state index >= 15 is 0 Å². The van der Waals surface area contributed by atoms with Crippen molar-refractivity contribution in [1.82, 2.24) is 4.72 Å². The summed E-state index contributed by atoms with van der Waals surface area (Å²) in [4.78, 5) is 0.999. The summed E-state index contributed by atoms with van der Waals surface area (Å²) in [6, 6.07) is 3.48. The van der Waals surface area contributed by atoms with E-state index in [-0.39, 0.29) is 0 Å². The summed E-state index contributed by atoms with van der Waals surface area (Å²) in [6.45, 7) is 2.27. The molecule has 1 heterocycles. The molecule has 1 saturated carbocycles. The smallest absolute Gasteiger partial charge is 0.250 e. The van der Waals surface area contributed by atoms with E-state index in [1.165, 1.54) is 11.3 Å². The second kappa shape index (κ2) is 4.68. The van der Waals surface area contributed by atoms with Gasteiger partial charge in [0.1, 0.15) is 4.21 Å². The van der Waals surface area contributed by atoms with Crippen molar-refractivity contribution in [3.8, 4) is 0 Å². The molecule has 0 saturated heterocycles. The molecule has 96 valence electrons. The first-order valence-electron chi connectivity index (χ1n) is 5.78. The maximum atomic E-state index is 12.2. The summed E-state index contributed by atoms with van der Waals surface area (Å²) >= 11 is 1.30. The molecule has 0 unspecified atom stereocenters. The average molecular weight is 274 g/mol. The van der Waals surface area contributed by atoms with Gasteiger partial charge in [-0.2, -0.15) is 0 Å². The molecule has 3 N–H and O–H groups in total. The number of aryl methyl sites for hydroxylation is 1. The van der Waals surface area contributed by atoms with Crippen LogP contribution in [-0.2, 0) is 10.0 Å². The minimum atomic E-state index is -3.40. The third-order valence-corrected chi connectivity index (χ3v) is 6.35. The molecule has 0 bridgehead atoms. The van der Waals surface area contributed by atoms with Crippen LogP contribution >= 0.6 is 11.3 Å². The van der Waals surface area contributed by atoms with Gasteiger partial charge in [-0.1, -0.05) is 12.8 Å². The molecule has 0 amide bonds. The van der Waals surface area contributed by atoms with Gasteiger partial charge in [0.25, 0.3) is 10.0 Å². The highest BCUT2D eigenvalue weighted by Crippen LogP contribution is 2.31. The number of sulfonamides is 1. The van der Waals surface area contributed by atoms with Crippen molar-refractivity contribution in [1.29, 1.82) is 0 Å². The molecule has 1 fully saturated rings. The zero-order valence-corrected chi connectivity index (χ0v) is 11.5. The second-order valence-electron chi connectivity index (χ2n) is 4.66. The minimum Gasteiger partial charge on any atom is -0.329 e. The van der Waals surface area contributed by atoms with E-state index in [0.717, 1.165) is 30.6 Å². The highest BCUT2D eigenvalue weighted by molar-refractivity contribution is 7.91. The lowest BCUT2D eigenvalue weighted by atomic mass is 10.0. The zero-order valence-electron chi connectivity index (χ0n) is 9.90. The number of rotatable bonds is 4. The standard InChI is InChI=1S/C11H18N2O2S2/c1-9-4-5-10(16-9)17(14,15)13-11(8-12)6-2-3-7-11/h4-5,13H,2-3,6-8,12H2,1H3. The van der Waals surface area contributed by atoms with Gasteiger partial charge in [-0.25, -0.2) is 13.1 Å². The highest BCUT2D eigenvalue weighted by atomic mass is 32.2. The van der Waals surface area contributed by atoms with E-state index in [9.17, 15) is 8.42 Å². The molecule has 0 radical (unpaired) electrons. The van der Waals surface area contributed by atoms with Crippen molar-refractivity contribution in [2.24, 2.45) is 5.73 Å². The molecule has 17 heavy (non-hydrogen) atoms. The molecule has 0 aromatic carbocycles. The molecular formula is C11H18N2O2S2. The molecule has 4 nitrogen and oxygen atoms in total. The van der Waals surface area contributed by atoms with Crippen LogP contribution in [0.15, 0.2) is 16.3 Å². The van der Waals surface area contributed by atoms with Gasteiger partial charge in [-0.15, -0.1) is 11.3 Å². The summed E-state index contributed by atoms with van der Waals surface area (Å²) in [5, 5.41) is 0. The Morgan fingerprint density at radius 1 is 1.41 bits per heavy atom. The lowest BCUT2D eigenvalue weighted by molar-refractivity contribution is 0.400. The second-order valence-corrected chi connectivity index (χ2v) is 7.86. The van der Waals surface area contributed by atoms with E-state index in [1.54, 1.807) is 6.07 Å². The zero-order chi connectivity index (χ0) is 12.5. The van der Waals surface area contributed by atoms with Gasteiger partial charge >= 0.3 is 0 Å². The highest BCUT2D eigenvalue weighted by Gasteiger charge is 2.37. The van der Waals surface area contributed by atoms with Crippen molar-refractivity contribution in [3.05, 3.63) is 17.0 Å². The predicted octanol–water partition coefficient (Wildman–Crippen LogP) is 1.61. The Bertz CT molecular complexity index is 487. The summed E-state index contributed by atoms with van der Waals surface area (Å²) in [5.74, 6) is 0. The minimum absolute atomic E-state index is 0.372. The Morgan fingerprint density at radius 2 is 2.06 bits per heavy atom. The Hall–Kier alpha value is -0.430. The molecular weight excluding hydrogens is 256 g/mol. The average Bonchev–Trinajstić information content (AvgIpc) is 2.87. The van der Waals surface area contributed by atoms with Gasteiger partial charge in [0.15, 0.2) is 0 Å². The molecule has 0 spiro atoms. The monoisotopic (exact) mass is 274 g/mol. The van der Waals surface area contributed by atoms with E-state index in [2.05, 4.69) is 4.72 Å². The molecule has 1 aromatic heterocycles.